The molecule has 1 aromatic carbocycles. The fraction of sp³-hybridized carbons (Fsp3) is 0.308. The molecule has 0 spiro atoms. The molecule has 0 fully saturated rings. The van der Waals surface area contributed by atoms with Crippen LogP contribution in [0.4, 0.5) is 0 Å². The number of nitrogens with zero attached hydrogens (tertiary/aromatic N) is 2. The second-order valence-electron chi connectivity index (χ2n) is 4.42. The summed E-state index contributed by atoms with van der Waals surface area (Å²) in [6.07, 6.45) is 0. The van der Waals surface area contributed by atoms with Gasteiger partial charge in [0.1, 0.15) is 0 Å². The number of aromatic nitrogens is 2. The molecule has 2 heterocycles. The third-order valence-corrected chi connectivity index (χ3v) is 4.83. The summed E-state index contributed by atoms with van der Waals surface area (Å²) in [7, 11) is 0. The van der Waals surface area contributed by atoms with Crippen molar-refractivity contribution in [2.24, 2.45) is 0 Å². The minimum Gasteiger partial charge on any atom is -0.390 e. The molecule has 0 saturated heterocycles. The van der Waals surface area contributed by atoms with Gasteiger partial charge in [-0.2, -0.15) is 0 Å². The first-order valence-corrected chi connectivity index (χ1v) is 8.13. The summed E-state index contributed by atoms with van der Waals surface area (Å²) in [6, 6.07) is 7.25. The molecular weight excluding hydrogens is 339 g/mol. The molecule has 0 amide bonds. The van der Waals surface area contributed by atoms with Crippen LogP contribution in [0.1, 0.15) is 11.3 Å². The Morgan fingerprint density at radius 2 is 1.95 bits per heavy atom. The SMILES string of the molecule is OCc1c(-c2ccc(C(Cl)(Cl)Cl)cc2)nc2n1CCS2. The smallest absolute Gasteiger partial charge is 0.216 e. The van der Waals surface area contributed by atoms with Crippen molar-refractivity contribution in [3.63, 3.8) is 0 Å². The number of imidazole rings is 1. The number of fused-ring (bicyclic) bond motifs is 1. The predicted molar refractivity (Wildman–Crippen MR) is 83.5 cm³/mol. The highest BCUT2D eigenvalue weighted by atomic mass is 35.6. The maximum absolute atomic E-state index is 9.58. The highest BCUT2D eigenvalue weighted by molar-refractivity contribution is 7.99. The van der Waals surface area contributed by atoms with Crippen LogP contribution in [0.25, 0.3) is 11.3 Å². The van der Waals surface area contributed by atoms with Gasteiger partial charge in [-0.3, -0.25) is 0 Å². The van der Waals surface area contributed by atoms with Gasteiger partial charge in [-0.05, 0) is 0 Å². The first-order valence-electron chi connectivity index (χ1n) is 6.01. The Balaban J connectivity index is 2.02. The molecule has 7 heteroatoms. The van der Waals surface area contributed by atoms with Gasteiger partial charge in [-0.1, -0.05) is 70.8 Å². The third kappa shape index (κ3) is 2.55. The summed E-state index contributed by atoms with van der Waals surface area (Å²) in [5.74, 6) is 1.00. The van der Waals surface area contributed by atoms with Crippen LogP contribution in [-0.2, 0) is 16.9 Å². The maximum Gasteiger partial charge on any atom is 0.216 e. The number of benzene rings is 1. The van der Waals surface area contributed by atoms with E-state index in [0.29, 0.717) is 5.56 Å². The van der Waals surface area contributed by atoms with E-state index in [1.807, 2.05) is 12.1 Å². The van der Waals surface area contributed by atoms with E-state index in [-0.39, 0.29) is 6.61 Å². The Labute approximate surface area is 135 Å². The van der Waals surface area contributed by atoms with Gasteiger partial charge >= 0.3 is 0 Å². The molecule has 3 rings (SSSR count). The normalized spacial score (nSPS) is 14.6. The lowest BCUT2D eigenvalue weighted by Crippen LogP contribution is -2.02. The number of halogens is 3. The van der Waals surface area contributed by atoms with E-state index in [0.717, 1.165) is 34.4 Å². The fourth-order valence-corrected chi connectivity index (χ4v) is 3.59. The monoisotopic (exact) mass is 348 g/mol. The van der Waals surface area contributed by atoms with Crippen LogP contribution in [0, 0.1) is 0 Å². The molecule has 0 atom stereocenters. The molecule has 0 unspecified atom stereocenters. The highest BCUT2D eigenvalue weighted by Gasteiger charge is 2.24. The van der Waals surface area contributed by atoms with Crippen LogP contribution in [0.2, 0.25) is 0 Å². The Kier molecular flexibility index (Phi) is 3.95. The van der Waals surface area contributed by atoms with Crippen molar-refractivity contribution >= 4 is 46.6 Å². The quantitative estimate of drug-likeness (QED) is 0.834. The molecule has 2 aromatic rings. The minimum absolute atomic E-state index is 0.0326. The number of aliphatic hydroxyl groups is 1. The summed E-state index contributed by atoms with van der Waals surface area (Å²) in [5.41, 5.74) is 3.16. The lowest BCUT2D eigenvalue weighted by Gasteiger charge is -2.11. The van der Waals surface area contributed by atoms with E-state index in [9.17, 15) is 5.11 Å². The molecule has 3 nitrogen and oxygen atoms in total. The Hall–Kier alpha value is -0.390. The molecule has 1 N–H and O–H groups in total. The van der Waals surface area contributed by atoms with E-state index in [2.05, 4.69) is 9.55 Å². The zero-order chi connectivity index (χ0) is 14.3. The van der Waals surface area contributed by atoms with Crippen molar-refractivity contribution in [3.05, 3.63) is 35.5 Å². The summed E-state index contributed by atoms with van der Waals surface area (Å²) < 4.78 is 0.632. The van der Waals surface area contributed by atoms with Gasteiger partial charge in [-0.25, -0.2) is 4.98 Å². The average molecular weight is 350 g/mol. The number of thioether (sulfide) groups is 1. The van der Waals surface area contributed by atoms with E-state index in [4.69, 9.17) is 34.8 Å². The van der Waals surface area contributed by atoms with Crippen molar-refractivity contribution in [1.82, 2.24) is 9.55 Å². The zero-order valence-corrected chi connectivity index (χ0v) is 13.4. The summed E-state index contributed by atoms with van der Waals surface area (Å²) in [4.78, 5) is 4.59. The fourth-order valence-electron chi connectivity index (χ4n) is 2.24. The largest absolute Gasteiger partial charge is 0.390 e. The summed E-state index contributed by atoms with van der Waals surface area (Å²) in [5, 5.41) is 10.5. The Morgan fingerprint density at radius 1 is 1.25 bits per heavy atom. The summed E-state index contributed by atoms with van der Waals surface area (Å²) >= 11 is 19.2. The lowest BCUT2D eigenvalue weighted by atomic mass is 10.1. The number of rotatable bonds is 2. The third-order valence-electron chi connectivity index (χ3n) is 3.22. The van der Waals surface area contributed by atoms with Gasteiger partial charge in [0.05, 0.1) is 18.0 Å². The van der Waals surface area contributed by atoms with Crippen molar-refractivity contribution in [2.45, 2.75) is 22.1 Å². The minimum atomic E-state index is -1.43. The first kappa shape index (κ1) is 14.5. The van der Waals surface area contributed by atoms with Crippen LogP contribution >= 0.6 is 46.6 Å². The number of hydrogen-bond acceptors (Lipinski definition) is 3. The molecule has 0 aliphatic carbocycles. The number of alkyl halides is 3. The highest BCUT2D eigenvalue weighted by Crippen LogP contribution is 2.39. The molecule has 1 aliphatic heterocycles. The van der Waals surface area contributed by atoms with Crippen molar-refractivity contribution in [3.8, 4) is 11.3 Å². The molecule has 1 aromatic heterocycles. The lowest BCUT2D eigenvalue weighted by molar-refractivity contribution is 0.271. The molecule has 20 heavy (non-hydrogen) atoms. The maximum atomic E-state index is 9.58. The van der Waals surface area contributed by atoms with Gasteiger partial charge in [-0.15, -0.1) is 0 Å². The van der Waals surface area contributed by atoms with Gasteiger partial charge < -0.3 is 9.67 Å². The number of hydrogen-bond donors (Lipinski definition) is 1. The molecule has 106 valence electrons. The van der Waals surface area contributed by atoms with Crippen LogP contribution in [0.3, 0.4) is 0 Å². The van der Waals surface area contributed by atoms with E-state index >= 15 is 0 Å². The van der Waals surface area contributed by atoms with Crippen LogP contribution in [0.5, 0.6) is 0 Å². The van der Waals surface area contributed by atoms with E-state index in [1.54, 1.807) is 23.9 Å². The second-order valence-corrected chi connectivity index (χ2v) is 7.77. The average Bonchev–Trinajstić information content (AvgIpc) is 2.97. The topological polar surface area (TPSA) is 38.1 Å². The van der Waals surface area contributed by atoms with E-state index < -0.39 is 3.79 Å². The van der Waals surface area contributed by atoms with Gasteiger partial charge in [0.25, 0.3) is 0 Å². The Morgan fingerprint density at radius 3 is 2.55 bits per heavy atom. The van der Waals surface area contributed by atoms with Crippen molar-refractivity contribution < 1.29 is 5.11 Å². The molecular formula is C13H11Cl3N2OS. The van der Waals surface area contributed by atoms with Gasteiger partial charge in [0.2, 0.25) is 3.79 Å². The molecule has 0 radical (unpaired) electrons. The Bertz CT molecular complexity index is 634. The van der Waals surface area contributed by atoms with Crippen molar-refractivity contribution in [2.75, 3.05) is 5.75 Å². The predicted octanol–water partition coefficient (Wildman–Crippen LogP) is 3.97. The van der Waals surface area contributed by atoms with Crippen LogP contribution in [-0.4, -0.2) is 20.4 Å². The first-order chi connectivity index (χ1) is 9.50. The zero-order valence-electron chi connectivity index (χ0n) is 10.3. The van der Waals surface area contributed by atoms with Gasteiger partial charge in [0.15, 0.2) is 5.16 Å². The number of aliphatic hydroxyl groups excluding tert-OH is 1. The standard InChI is InChI=1S/C13H11Cl3N2OS/c14-13(15,16)9-3-1-8(2-4-9)11-10(7-19)18-5-6-20-12(18)17-11/h1-4,19H,5-7H2. The molecule has 0 bridgehead atoms. The summed E-state index contributed by atoms with van der Waals surface area (Å²) in [6.45, 7) is 0.851. The second kappa shape index (κ2) is 5.43. The van der Waals surface area contributed by atoms with Crippen molar-refractivity contribution in [1.29, 1.82) is 0 Å². The van der Waals surface area contributed by atoms with Crippen LogP contribution in [0.15, 0.2) is 29.4 Å². The molecule has 1 aliphatic rings. The van der Waals surface area contributed by atoms with Crippen LogP contribution < -0.4 is 0 Å². The molecule has 0 saturated carbocycles. The van der Waals surface area contributed by atoms with Gasteiger partial charge in [0, 0.05) is 23.4 Å². The van der Waals surface area contributed by atoms with E-state index in [1.165, 1.54) is 0 Å².